The van der Waals surface area contributed by atoms with Gasteiger partial charge in [0.25, 0.3) is 0 Å². The van der Waals surface area contributed by atoms with Gasteiger partial charge in [-0.2, -0.15) is 0 Å². The summed E-state index contributed by atoms with van der Waals surface area (Å²) in [6, 6.07) is 7.87. The third kappa shape index (κ3) is 3.63. The molecular weight excluding hydrogens is 262 g/mol. The standard InChI is InChI=1S/C15H20ClNO2/c1-15(2,9-16)10-17-14(18)12-7-11-5-3-4-6-13(11)19-8-12/h3-6,12H,7-10H2,1-2H3,(H,17,18). The monoisotopic (exact) mass is 281 g/mol. The first-order valence-corrected chi connectivity index (χ1v) is 7.10. The molecular formula is C15H20ClNO2. The fraction of sp³-hybridized carbons (Fsp3) is 0.533. The molecule has 3 nitrogen and oxygen atoms in total. The molecule has 0 bridgehead atoms. The van der Waals surface area contributed by atoms with Crippen molar-refractivity contribution in [3.05, 3.63) is 29.8 Å². The minimum atomic E-state index is -0.110. The van der Waals surface area contributed by atoms with Gasteiger partial charge in [-0.15, -0.1) is 11.6 Å². The second-order valence-corrected chi connectivity index (χ2v) is 6.10. The number of alkyl halides is 1. The van der Waals surface area contributed by atoms with E-state index < -0.39 is 0 Å². The second kappa shape index (κ2) is 5.83. The van der Waals surface area contributed by atoms with Crippen LogP contribution in [0.2, 0.25) is 0 Å². The molecule has 1 aromatic carbocycles. The number of carbonyl (C=O) groups excluding carboxylic acids is 1. The zero-order valence-corrected chi connectivity index (χ0v) is 12.2. The predicted molar refractivity (Wildman–Crippen MR) is 76.6 cm³/mol. The van der Waals surface area contributed by atoms with Crippen molar-refractivity contribution in [2.75, 3.05) is 19.0 Å². The summed E-state index contributed by atoms with van der Waals surface area (Å²) in [6.45, 7) is 5.11. The van der Waals surface area contributed by atoms with Crippen LogP contribution in [0, 0.1) is 11.3 Å². The summed E-state index contributed by atoms with van der Waals surface area (Å²) in [5, 5.41) is 2.97. The van der Waals surface area contributed by atoms with Gasteiger partial charge in [-0.05, 0) is 23.5 Å². The number of halogens is 1. The fourth-order valence-electron chi connectivity index (χ4n) is 2.01. The minimum absolute atomic E-state index is 0.0488. The predicted octanol–water partition coefficient (Wildman–Crippen LogP) is 2.62. The van der Waals surface area contributed by atoms with E-state index in [2.05, 4.69) is 5.32 Å². The van der Waals surface area contributed by atoms with E-state index in [1.54, 1.807) is 0 Å². The van der Waals surface area contributed by atoms with E-state index >= 15 is 0 Å². The lowest BCUT2D eigenvalue weighted by molar-refractivity contribution is -0.126. The summed E-state index contributed by atoms with van der Waals surface area (Å²) < 4.78 is 5.63. The molecule has 1 N–H and O–H groups in total. The van der Waals surface area contributed by atoms with Gasteiger partial charge in [0.2, 0.25) is 5.91 Å². The van der Waals surface area contributed by atoms with Gasteiger partial charge in [0, 0.05) is 12.4 Å². The lowest BCUT2D eigenvalue weighted by Gasteiger charge is -2.27. The highest BCUT2D eigenvalue weighted by Gasteiger charge is 2.27. The van der Waals surface area contributed by atoms with E-state index in [9.17, 15) is 4.79 Å². The van der Waals surface area contributed by atoms with Crippen LogP contribution in [0.25, 0.3) is 0 Å². The van der Waals surface area contributed by atoms with Crippen LogP contribution < -0.4 is 10.1 Å². The van der Waals surface area contributed by atoms with Crippen LogP contribution in [-0.2, 0) is 11.2 Å². The number of benzene rings is 1. The number of amides is 1. The van der Waals surface area contributed by atoms with E-state index in [0.717, 1.165) is 17.7 Å². The SMILES string of the molecule is CC(C)(CCl)CNC(=O)C1COc2ccccc2C1. The molecule has 1 atom stereocenters. The van der Waals surface area contributed by atoms with Crippen molar-refractivity contribution in [3.63, 3.8) is 0 Å². The molecule has 0 saturated heterocycles. The summed E-state index contributed by atoms with van der Waals surface area (Å²) >= 11 is 5.85. The van der Waals surface area contributed by atoms with Crippen molar-refractivity contribution in [2.45, 2.75) is 20.3 Å². The summed E-state index contributed by atoms with van der Waals surface area (Å²) in [6.07, 6.45) is 0.739. The molecule has 4 heteroatoms. The Morgan fingerprint density at radius 3 is 2.95 bits per heavy atom. The van der Waals surface area contributed by atoms with Crippen LogP contribution in [0.5, 0.6) is 5.75 Å². The van der Waals surface area contributed by atoms with Gasteiger partial charge in [0.05, 0.1) is 5.92 Å². The lowest BCUT2D eigenvalue weighted by Crippen LogP contribution is -2.41. The van der Waals surface area contributed by atoms with Crippen molar-refractivity contribution in [1.82, 2.24) is 5.32 Å². The maximum atomic E-state index is 12.1. The first kappa shape index (κ1) is 14.2. The first-order valence-electron chi connectivity index (χ1n) is 6.56. The molecule has 19 heavy (non-hydrogen) atoms. The van der Waals surface area contributed by atoms with Crippen molar-refractivity contribution in [1.29, 1.82) is 0 Å². The zero-order chi connectivity index (χ0) is 13.9. The van der Waals surface area contributed by atoms with E-state index in [1.165, 1.54) is 0 Å². The highest BCUT2D eigenvalue weighted by atomic mass is 35.5. The summed E-state index contributed by atoms with van der Waals surface area (Å²) in [5.41, 5.74) is 1.02. The maximum Gasteiger partial charge on any atom is 0.226 e. The van der Waals surface area contributed by atoms with Crippen molar-refractivity contribution in [2.24, 2.45) is 11.3 Å². The van der Waals surface area contributed by atoms with Gasteiger partial charge in [0.1, 0.15) is 12.4 Å². The van der Waals surface area contributed by atoms with Crippen LogP contribution in [0.1, 0.15) is 19.4 Å². The number of rotatable bonds is 4. The highest BCUT2D eigenvalue weighted by molar-refractivity contribution is 6.18. The Bertz CT molecular complexity index is 459. The molecule has 1 unspecified atom stereocenters. The molecule has 2 rings (SSSR count). The molecule has 1 heterocycles. The Morgan fingerprint density at radius 1 is 1.47 bits per heavy atom. The molecule has 0 fully saturated rings. The topological polar surface area (TPSA) is 38.3 Å². The van der Waals surface area contributed by atoms with E-state index in [-0.39, 0.29) is 17.2 Å². The molecule has 1 aromatic rings. The van der Waals surface area contributed by atoms with Crippen molar-refractivity contribution in [3.8, 4) is 5.75 Å². The average molecular weight is 282 g/mol. The molecule has 0 aromatic heterocycles. The summed E-state index contributed by atoms with van der Waals surface area (Å²) in [4.78, 5) is 12.1. The number of hydrogen-bond donors (Lipinski definition) is 1. The molecule has 1 aliphatic rings. The molecule has 1 aliphatic heterocycles. The van der Waals surface area contributed by atoms with Crippen LogP contribution in [0.15, 0.2) is 24.3 Å². The van der Waals surface area contributed by atoms with Gasteiger partial charge in [0.15, 0.2) is 0 Å². The molecule has 1 amide bonds. The van der Waals surface area contributed by atoms with Crippen LogP contribution in [0.3, 0.4) is 0 Å². The highest BCUT2D eigenvalue weighted by Crippen LogP contribution is 2.27. The second-order valence-electron chi connectivity index (χ2n) is 5.84. The summed E-state index contributed by atoms with van der Waals surface area (Å²) in [7, 11) is 0. The molecule has 0 radical (unpaired) electrons. The average Bonchev–Trinajstić information content (AvgIpc) is 2.44. The zero-order valence-electron chi connectivity index (χ0n) is 11.4. The Hall–Kier alpha value is -1.22. The number of fused-ring (bicyclic) bond motifs is 1. The third-order valence-corrected chi connectivity index (χ3v) is 4.08. The van der Waals surface area contributed by atoms with Crippen LogP contribution in [-0.4, -0.2) is 24.9 Å². The molecule has 0 saturated carbocycles. The smallest absolute Gasteiger partial charge is 0.226 e. The van der Waals surface area contributed by atoms with Gasteiger partial charge < -0.3 is 10.1 Å². The Kier molecular flexibility index (Phi) is 4.35. The van der Waals surface area contributed by atoms with E-state index in [4.69, 9.17) is 16.3 Å². The Morgan fingerprint density at radius 2 is 2.21 bits per heavy atom. The quantitative estimate of drug-likeness (QED) is 0.862. The van der Waals surface area contributed by atoms with E-state index in [0.29, 0.717) is 19.0 Å². The van der Waals surface area contributed by atoms with Crippen LogP contribution in [0.4, 0.5) is 0 Å². The molecule has 0 spiro atoms. The fourth-order valence-corrected chi connectivity index (χ4v) is 2.11. The molecule has 104 valence electrons. The van der Waals surface area contributed by atoms with Gasteiger partial charge in [-0.1, -0.05) is 32.0 Å². The minimum Gasteiger partial charge on any atom is -0.492 e. The maximum absolute atomic E-state index is 12.1. The normalized spacial score (nSPS) is 18.4. The number of nitrogens with one attached hydrogen (secondary N) is 1. The van der Waals surface area contributed by atoms with E-state index in [1.807, 2.05) is 38.1 Å². The number of para-hydroxylation sites is 1. The van der Waals surface area contributed by atoms with Crippen molar-refractivity contribution < 1.29 is 9.53 Å². The van der Waals surface area contributed by atoms with Crippen molar-refractivity contribution >= 4 is 17.5 Å². The Labute approximate surface area is 119 Å². The largest absolute Gasteiger partial charge is 0.492 e. The number of hydrogen-bond acceptors (Lipinski definition) is 2. The number of carbonyl (C=O) groups is 1. The van der Waals surface area contributed by atoms with Gasteiger partial charge in [-0.25, -0.2) is 0 Å². The van der Waals surface area contributed by atoms with Gasteiger partial charge >= 0.3 is 0 Å². The number of ether oxygens (including phenoxy) is 1. The third-order valence-electron chi connectivity index (χ3n) is 3.35. The first-order chi connectivity index (χ1) is 9.02. The summed E-state index contributed by atoms with van der Waals surface area (Å²) in [5.74, 6) is 1.36. The van der Waals surface area contributed by atoms with Gasteiger partial charge in [-0.3, -0.25) is 4.79 Å². The Balaban J connectivity index is 1.92. The lowest BCUT2D eigenvalue weighted by atomic mass is 9.94. The molecule has 0 aliphatic carbocycles. The van der Waals surface area contributed by atoms with Crippen LogP contribution >= 0.6 is 11.6 Å².